The Morgan fingerprint density at radius 1 is 1.25 bits per heavy atom. The predicted molar refractivity (Wildman–Crippen MR) is 116 cm³/mol. The highest BCUT2D eigenvalue weighted by atomic mass is 15.3. The molecule has 1 aromatic heterocycles. The Hall–Kier alpha value is -1.63. The van der Waals surface area contributed by atoms with Gasteiger partial charge in [-0.3, -0.25) is 4.90 Å². The lowest BCUT2D eigenvalue weighted by Gasteiger charge is -2.25. The maximum Gasteiger partial charge on any atom is 0.191 e. The average molecular weight is 392 g/mol. The third kappa shape index (κ3) is 7.08. The standard InChI is InChI=1S/C21H41N7/c1-7-28-13-9-12-19(28)14-22-21(24-17(4)11-8-10-16(2)3)23-15-20-26-25-18(5)27(20)6/h16-17,19H,7-15H2,1-6H3,(H2,22,23,24). The second-order valence-electron chi connectivity index (χ2n) is 8.56. The van der Waals surface area contributed by atoms with Crippen LogP contribution in [0.4, 0.5) is 0 Å². The summed E-state index contributed by atoms with van der Waals surface area (Å²) < 4.78 is 2.00. The van der Waals surface area contributed by atoms with Crippen molar-refractivity contribution < 1.29 is 0 Å². The molecule has 0 aliphatic carbocycles. The van der Waals surface area contributed by atoms with Crippen molar-refractivity contribution in [2.24, 2.45) is 18.0 Å². The Morgan fingerprint density at radius 3 is 2.68 bits per heavy atom. The molecule has 2 N–H and O–H groups in total. The lowest BCUT2D eigenvalue weighted by molar-refractivity contribution is 0.266. The van der Waals surface area contributed by atoms with E-state index in [-0.39, 0.29) is 0 Å². The normalized spacial score (nSPS) is 19.4. The average Bonchev–Trinajstić information content (AvgIpc) is 3.24. The van der Waals surface area contributed by atoms with Gasteiger partial charge in [-0.1, -0.05) is 33.6 Å². The number of rotatable bonds is 10. The monoisotopic (exact) mass is 391 g/mol. The zero-order valence-electron chi connectivity index (χ0n) is 18.8. The van der Waals surface area contributed by atoms with Gasteiger partial charge in [-0.15, -0.1) is 10.2 Å². The molecule has 2 unspecified atom stereocenters. The summed E-state index contributed by atoms with van der Waals surface area (Å²) >= 11 is 0. The number of nitrogens with zero attached hydrogens (tertiary/aromatic N) is 5. The number of hydrogen-bond donors (Lipinski definition) is 2. The van der Waals surface area contributed by atoms with Crippen molar-refractivity contribution in [1.82, 2.24) is 30.3 Å². The Balaban J connectivity index is 1.95. The molecule has 1 fully saturated rings. The zero-order chi connectivity index (χ0) is 20.5. The minimum absolute atomic E-state index is 0.400. The van der Waals surface area contributed by atoms with E-state index in [4.69, 9.17) is 4.99 Å². The number of hydrogen-bond acceptors (Lipinski definition) is 4. The van der Waals surface area contributed by atoms with Crippen LogP contribution >= 0.6 is 0 Å². The molecule has 2 rings (SSSR count). The summed E-state index contributed by atoms with van der Waals surface area (Å²) in [6.07, 6.45) is 6.24. The van der Waals surface area contributed by atoms with Crippen LogP contribution < -0.4 is 10.6 Å². The molecule has 0 bridgehead atoms. The molecule has 2 heterocycles. The minimum atomic E-state index is 0.400. The van der Waals surface area contributed by atoms with E-state index in [0.717, 1.165) is 43.0 Å². The molecule has 1 aromatic rings. The van der Waals surface area contributed by atoms with Crippen LogP contribution in [0.1, 0.15) is 71.4 Å². The highest BCUT2D eigenvalue weighted by Gasteiger charge is 2.23. The summed E-state index contributed by atoms with van der Waals surface area (Å²) in [6, 6.07) is 1.00. The van der Waals surface area contributed by atoms with Gasteiger partial charge in [0.05, 0.1) is 0 Å². The first kappa shape index (κ1) is 22.7. The van der Waals surface area contributed by atoms with Crippen LogP contribution in [0.5, 0.6) is 0 Å². The fraction of sp³-hybridized carbons (Fsp3) is 0.857. The first-order chi connectivity index (χ1) is 13.4. The fourth-order valence-electron chi connectivity index (χ4n) is 3.79. The third-order valence-electron chi connectivity index (χ3n) is 5.77. The van der Waals surface area contributed by atoms with Gasteiger partial charge in [0.1, 0.15) is 12.4 Å². The van der Waals surface area contributed by atoms with Crippen molar-refractivity contribution in [1.29, 1.82) is 0 Å². The van der Waals surface area contributed by atoms with Crippen LogP contribution in [0.3, 0.4) is 0 Å². The molecule has 0 amide bonds. The van der Waals surface area contributed by atoms with Gasteiger partial charge in [-0.25, -0.2) is 4.99 Å². The van der Waals surface area contributed by atoms with Crippen molar-refractivity contribution in [2.75, 3.05) is 19.6 Å². The Morgan fingerprint density at radius 2 is 2.04 bits per heavy atom. The quantitative estimate of drug-likeness (QED) is 0.474. The van der Waals surface area contributed by atoms with E-state index in [9.17, 15) is 0 Å². The number of aromatic nitrogens is 3. The van der Waals surface area contributed by atoms with E-state index in [1.807, 2.05) is 18.5 Å². The van der Waals surface area contributed by atoms with Crippen LogP contribution in [0.25, 0.3) is 0 Å². The second-order valence-corrected chi connectivity index (χ2v) is 8.56. The van der Waals surface area contributed by atoms with Gasteiger partial charge in [-0.05, 0) is 52.1 Å². The van der Waals surface area contributed by atoms with E-state index in [2.05, 4.69) is 53.4 Å². The number of aliphatic imine (C=N–C) groups is 1. The number of likely N-dealkylation sites (tertiary alicyclic amines) is 1. The van der Waals surface area contributed by atoms with Gasteiger partial charge in [0.15, 0.2) is 11.8 Å². The third-order valence-corrected chi connectivity index (χ3v) is 5.77. The summed E-state index contributed by atoms with van der Waals surface area (Å²) in [5, 5.41) is 15.6. The SMILES string of the molecule is CCN1CCCC1CNC(=NCc1nnc(C)n1C)NC(C)CCCC(C)C. The van der Waals surface area contributed by atoms with Crippen molar-refractivity contribution >= 4 is 5.96 Å². The maximum atomic E-state index is 4.82. The van der Waals surface area contributed by atoms with Gasteiger partial charge in [0.25, 0.3) is 0 Å². The zero-order valence-corrected chi connectivity index (χ0v) is 18.8. The van der Waals surface area contributed by atoms with Gasteiger partial charge >= 0.3 is 0 Å². The lowest BCUT2D eigenvalue weighted by atomic mass is 10.0. The van der Waals surface area contributed by atoms with E-state index in [1.165, 1.54) is 32.2 Å². The first-order valence-corrected chi connectivity index (χ1v) is 11.0. The number of nitrogens with one attached hydrogen (secondary N) is 2. The van der Waals surface area contributed by atoms with Crippen LogP contribution in [0.15, 0.2) is 4.99 Å². The maximum absolute atomic E-state index is 4.82. The summed E-state index contributed by atoms with van der Waals surface area (Å²) in [7, 11) is 1.99. The lowest BCUT2D eigenvalue weighted by Crippen LogP contribution is -2.47. The molecule has 1 saturated heterocycles. The van der Waals surface area contributed by atoms with Crippen molar-refractivity contribution in [3.05, 3.63) is 11.6 Å². The predicted octanol–water partition coefficient (Wildman–Crippen LogP) is 2.86. The first-order valence-electron chi connectivity index (χ1n) is 11.0. The van der Waals surface area contributed by atoms with E-state index in [0.29, 0.717) is 18.6 Å². The molecular weight excluding hydrogens is 350 g/mol. The van der Waals surface area contributed by atoms with Gasteiger partial charge in [0.2, 0.25) is 0 Å². The molecule has 1 aliphatic rings. The van der Waals surface area contributed by atoms with Gasteiger partial charge < -0.3 is 15.2 Å². The summed E-state index contributed by atoms with van der Waals surface area (Å²) in [5.74, 6) is 3.46. The molecule has 0 saturated carbocycles. The number of aryl methyl sites for hydroxylation is 1. The number of likely N-dealkylation sites (N-methyl/N-ethyl adjacent to an activating group) is 1. The summed E-state index contributed by atoms with van der Waals surface area (Å²) in [6.45, 7) is 14.9. The molecule has 7 heteroatoms. The van der Waals surface area contributed by atoms with Crippen molar-refractivity contribution in [3.63, 3.8) is 0 Å². The van der Waals surface area contributed by atoms with Crippen LogP contribution in [0, 0.1) is 12.8 Å². The van der Waals surface area contributed by atoms with E-state index < -0.39 is 0 Å². The van der Waals surface area contributed by atoms with E-state index in [1.54, 1.807) is 0 Å². The van der Waals surface area contributed by atoms with E-state index >= 15 is 0 Å². The second kappa shape index (κ2) is 11.4. The van der Waals surface area contributed by atoms with Crippen molar-refractivity contribution in [3.8, 4) is 0 Å². The molecule has 0 aromatic carbocycles. The smallest absolute Gasteiger partial charge is 0.191 e. The molecule has 2 atom stereocenters. The highest BCUT2D eigenvalue weighted by Crippen LogP contribution is 2.15. The van der Waals surface area contributed by atoms with Crippen LogP contribution in [-0.4, -0.2) is 57.3 Å². The Bertz CT molecular complexity index is 608. The van der Waals surface area contributed by atoms with Gasteiger partial charge in [0, 0.05) is 25.7 Å². The molecular formula is C21H41N7. The summed E-state index contributed by atoms with van der Waals surface area (Å²) in [4.78, 5) is 7.37. The largest absolute Gasteiger partial charge is 0.355 e. The fourth-order valence-corrected chi connectivity index (χ4v) is 3.79. The van der Waals surface area contributed by atoms with Gasteiger partial charge in [-0.2, -0.15) is 0 Å². The van der Waals surface area contributed by atoms with Crippen LogP contribution in [-0.2, 0) is 13.6 Å². The molecule has 7 nitrogen and oxygen atoms in total. The highest BCUT2D eigenvalue weighted by molar-refractivity contribution is 5.80. The molecule has 0 radical (unpaired) electrons. The summed E-state index contributed by atoms with van der Waals surface area (Å²) in [5.41, 5.74) is 0. The molecule has 0 spiro atoms. The molecule has 1 aliphatic heterocycles. The topological polar surface area (TPSA) is 70.4 Å². The Kier molecular flexibility index (Phi) is 9.22. The number of guanidine groups is 1. The molecule has 28 heavy (non-hydrogen) atoms. The van der Waals surface area contributed by atoms with Crippen LogP contribution in [0.2, 0.25) is 0 Å². The minimum Gasteiger partial charge on any atom is -0.355 e. The Labute approximate surface area is 171 Å². The molecule has 160 valence electrons. The van der Waals surface area contributed by atoms with Crippen molar-refractivity contribution in [2.45, 2.75) is 85.4 Å².